The number of rotatable bonds is 4. The standard InChI is InChI=1S/C14H27N3O/c1-4-11-6-5-10(2)17(11)12-7-8-14(9-12,16-3)13(15)18/h10-12,16H,4-9H2,1-3H3,(H2,15,18). The zero-order chi connectivity index (χ0) is 13.3. The topological polar surface area (TPSA) is 58.4 Å². The smallest absolute Gasteiger partial charge is 0.237 e. The van der Waals surface area contributed by atoms with Crippen molar-refractivity contribution in [3.8, 4) is 0 Å². The van der Waals surface area contributed by atoms with E-state index in [1.165, 1.54) is 19.3 Å². The first kappa shape index (κ1) is 13.8. The monoisotopic (exact) mass is 253 g/mol. The molecule has 2 fully saturated rings. The molecule has 4 unspecified atom stereocenters. The first-order valence-electron chi connectivity index (χ1n) is 7.30. The molecule has 0 bridgehead atoms. The van der Waals surface area contributed by atoms with Crippen LogP contribution in [0.25, 0.3) is 0 Å². The Morgan fingerprint density at radius 3 is 2.67 bits per heavy atom. The van der Waals surface area contributed by atoms with Crippen LogP contribution in [0.15, 0.2) is 0 Å². The maximum atomic E-state index is 11.7. The molecule has 1 heterocycles. The fourth-order valence-corrected chi connectivity index (χ4v) is 4.01. The lowest BCUT2D eigenvalue weighted by Gasteiger charge is -2.35. The van der Waals surface area contributed by atoms with Crippen LogP contribution in [-0.2, 0) is 4.79 Å². The van der Waals surface area contributed by atoms with Crippen LogP contribution in [0, 0.1) is 0 Å². The number of likely N-dealkylation sites (tertiary alicyclic amines) is 1. The van der Waals surface area contributed by atoms with E-state index in [-0.39, 0.29) is 5.91 Å². The molecule has 1 saturated carbocycles. The van der Waals surface area contributed by atoms with Crippen molar-refractivity contribution in [1.29, 1.82) is 0 Å². The second-order valence-corrected chi connectivity index (χ2v) is 6.03. The molecule has 0 aromatic heterocycles. The minimum absolute atomic E-state index is 0.188. The number of nitrogens with zero attached hydrogens (tertiary/aromatic N) is 1. The van der Waals surface area contributed by atoms with Crippen molar-refractivity contribution >= 4 is 5.91 Å². The van der Waals surface area contributed by atoms with E-state index in [9.17, 15) is 4.79 Å². The summed E-state index contributed by atoms with van der Waals surface area (Å²) in [5.74, 6) is -0.188. The highest BCUT2D eigenvalue weighted by molar-refractivity contribution is 5.85. The third-order valence-corrected chi connectivity index (χ3v) is 5.18. The number of nitrogens with two attached hydrogens (primary N) is 1. The molecular formula is C14H27N3O. The molecule has 4 heteroatoms. The molecule has 0 spiro atoms. The molecule has 1 amide bonds. The summed E-state index contributed by atoms with van der Waals surface area (Å²) < 4.78 is 0. The van der Waals surface area contributed by atoms with E-state index in [0.717, 1.165) is 19.3 Å². The van der Waals surface area contributed by atoms with E-state index >= 15 is 0 Å². The van der Waals surface area contributed by atoms with E-state index < -0.39 is 5.54 Å². The SMILES string of the molecule is CCC1CCC(C)N1C1CCC(NC)(C(N)=O)C1. The molecule has 0 aromatic rings. The van der Waals surface area contributed by atoms with E-state index in [1.807, 2.05) is 7.05 Å². The van der Waals surface area contributed by atoms with Crippen LogP contribution >= 0.6 is 0 Å². The third kappa shape index (κ3) is 2.16. The number of hydrogen-bond acceptors (Lipinski definition) is 3. The molecule has 1 aliphatic heterocycles. The number of likely N-dealkylation sites (N-methyl/N-ethyl adjacent to an activating group) is 1. The summed E-state index contributed by atoms with van der Waals surface area (Å²) in [4.78, 5) is 14.3. The Balaban J connectivity index is 2.10. The van der Waals surface area contributed by atoms with Crippen LogP contribution in [-0.4, -0.2) is 41.5 Å². The van der Waals surface area contributed by atoms with Gasteiger partial charge in [-0.05, 0) is 52.5 Å². The van der Waals surface area contributed by atoms with Crippen LogP contribution in [0.2, 0.25) is 0 Å². The van der Waals surface area contributed by atoms with Gasteiger partial charge >= 0.3 is 0 Å². The molecule has 104 valence electrons. The Labute approximate surface area is 110 Å². The molecule has 2 aliphatic rings. The molecule has 1 aliphatic carbocycles. The van der Waals surface area contributed by atoms with Gasteiger partial charge in [0, 0.05) is 18.1 Å². The molecule has 4 nitrogen and oxygen atoms in total. The average molecular weight is 253 g/mol. The highest BCUT2D eigenvalue weighted by Crippen LogP contribution is 2.39. The number of nitrogens with one attached hydrogen (secondary N) is 1. The van der Waals surface area contributed by atoms with Crippen molar-refractivity contribution in [3.05, 3.63) is 0 Å². The number of amides is 1. The van der Waals surface area contributed by atoms with Crippen LogP contribution in [0.5, 0.6) is 0 Å². The van der Waals surface area contributed by atoms with Crippen LogP contribution in [0.4, 0.5) is 0 Å². The highest BCUT2D eigenvalue weighted by atomic mass is 16.1. The van der Waals surface area contributed by atoms with Gasteiger partial charge in [-0.2, -0.15) is 0 Å². The van der Waals surface area contributed by atoms with E-state index in [2.05, 4.69) is 24.1 Å². The van der Waals surface area contributed by atoms with Crippen molar-refractivity contribution in [2.75, 3.05) is 7.05 Å². The Morgan fingerprint density at radius 1 is 1.44 bits per heavy atom. The van der Waals surface area contributed by atoms with Crippen LogP contribution in [0.3, 0.4) is 0 Å². The quantitative estimate of drug-likeness (QED) is 0.792. The average Bonchev–Trinajstić information content (AvgIpc) is 2.92. The van der Waals surface area contributed by atoms with Gasteiger partial charge in [0.25, 0.3) is 0 Å². The number of hydrogen-bond donors (Lipinski definition) is 2. The van der Waals surface area contributed by atoms with Crippen LogP contribution in [0.1, 0.15) is 52.4 Å². The minimum atomic E-state index is -0.467. The first-order valence-corrected chi connectivity index (χ1v) is 7.30. The Hall–Kier alpha value is -0.610. The fourth-order valence-electron chi connectivity index (χ4n) is 4.01. The Kier molecular flexibility index (Phi) is 3.97. The van der Waals surface area contributed by atoms with Crippen molar-refractivity contribution < 1.29 is 4.79 Å². The van der Waals surface area contributed by atoms with Gasteiger partial charge in [0.2, 0.25) is 5.91 Å². The molecule has 0 radical (unpaired) electrons. The lowest BCUT2D eigenvalue weighted by molar-refractivity contribution is -0.124. The fraction of sp³-hybridized carbons (Fsp3) is 0.929. The number of primary amides is 1. The van der Waals surface area contributed by atoms with Crippen molar-refractivity contribution in [3.63, 3.8) is 0 Å². The predicted molar refractivity (Wildman–Crippen MR) is 73.2 cm³/mol. The maximum Gasteiger partial charge on any atom is 0.237 e. The van der Waals surface area contributed by atoms with Gasteiger partial charge in [-0.25, -0.2) is 0 Å². The number of carbonyl (C=O) groups excluding carboxylic acids is 1. The molecule has 2 rings (SSSR count). The normalized spacial score (nSPS) is 41.4. The van der Waals surface area contributed by atoms with Gasteiger partial charge in [0.15, 0.2) is 0 Å². The molecule has 18 heavy (non-hydrogen) atoms. The van der Waals surface area contributed by atoms with Gasteiger partial charge < -0.3 is 11.1 Å². The predicted octanol–water partition coefficient (Wildman–Crippen LogP) is 1.25. The summed E-state index contributed by atoms with van der Waals surface area (Å²) in [7, 11) is 1.86. The Morgan fingerprint density at radius 2 is 2.17 bits per heavy atom. The Bertz CT molecular complexity index is 320. The summed E-state index contributed by atoms with van der Waals surface area (Å²) in [6.07, 6.45) is 6.65. The lowest BCUT2D eigenvalue weighted by Crippen LogP contribution is -2.53. The molecule has 4 atom stereocenters. The molecule has 1 saturated heterocycles. The highest BCUT2D eigenvalue weighted by Gasteiger charge is 2.47. The number of carbonyl (C=O) groups is 1. The van der Waals surface area contributed by atoms with Crippen molar-refractivity contribution in [2.24, 2.45) is 5.73 Å². The second kappa shape index (κ2) is 5.17. The summed E-state index contributed by atoms with van der Waals surface area (Å²) in [5.41, 5.74) is 5.12. The van der Waals surface area contributed by atoms with E-state index in [0.29, 0.717) is 18.1 Å². The maximum absolute atomic E-state index is 11.7. The molecule has 3 N–H and O–H groups in total. The van der Waals surface area contributed by atoms with Gasteiger partial charge in [0.1, 0.15) is 0 Å². The van der Waals surface area contributed by atoms with Crippen molar-refractivity contribution in [2.45, 2.75) is 76.0 Å². The van der Waals surface area contributed by atoms with Crippen molar-refractivity contribution in [1.82, 2.24) is 10.2 Å². The van der Waals surface area contributed by atoms with Gasteiger partial charge in [-0.1, -0.05) is 6.92 Å². The summed E-state index contributed by atoms with van der Waals surface area (Å²) in [6.45, 7) is 4.59. The van der Waals surface area contributed by atoms with Gasteiger partial charge in [-0.3, -0.25) is 9.69 Å². The second-order valence-electron chi connectivity index (χ2n) is 6.03. The van der Waals surface area contributed by atoms with Crippen LogP contribution < -0.4 is 11.1 Å². The molecule has 0 aromatic carbocycles. The molecular weight excluding hydrogens is 226 g/mol. The van der Waals surface area contributed by atoms with E-state index in [4.69, 9.17) is 5.73 Å². The zero-order valence-electron chi connectivity index (χ0n) is 11.9. The first-order chi connectivity index (χ1) is 8.54. The largest absolute Gasteiger partial charge is 0.368 e. The minimum Gasteiger partial charge on any atom is -0.368 e. The summed E-state index contributed by atoms with van der Waals surface area (Å²) >= 11 is 0. The third-order valence-electron chi connectivity index (χ3n) is 5.18. The van der Waals surface area contributed by atoms with E-state index in [1.54, 1.807) is 0 Å². The van der Waals surface area contributed by atoms with Gasteiger partial charge in [-0.15, -0.1) is 0 Å². The summed E-state index contributed by atoms with van der Waals surface area (Å²) in [5, 5.41) is 3.18. The van der Waals surface area contributed by atoms with Gasteiger partial charge in [0.05, 0.1) is 5.54 Å². The summed E-state index contributed by atoms with van der Waals surface area (Å²) in [6, 6.07) is 1.87. The lowest BCUT2D eigenvalue weighted by atomic mass is 9.96. The zero-order valence-corrected chi connectivity index (χ0v) is 11.9.